The predicted octanol–water partition coefficient (Wildman–Crippen LogP) is 2.82. The van der Waals surface area contributed by atoms with E-state index in [1.807, 2.05) is 12.1 Å². The maximum Gasteiger partial charge on any atom is 0.343 e. The second-order valence-corrected chi connectivity index (χ2v) is 6.05. The van der Waals surface area contributed by atoms with Gasteiger partial charge < -0.3 is 4.74 Å². The Bertz CT molecular complexity index is 883. The van der Waals surface area contributed by atoms with E-state index in [9.17, 15) is 14.4 Å². The third-order valence-electron chi connectivity index (χ3n) is 4.54. The van der Waals surface area contributed by atoms with Crippen molar-refractivity contribution in [1.82, 2.24) is 4.90 Å². The lowest BCUT2D eigenvalue weighted by molar-refractivity contribution is -0.139. The van der Waals surface area contributed by atoms with Crippen LogP contribution in [0.3, 0.4) is 0 Å². The van der Waals surface area contributed by atoms with Crippen LogP contribution >= 0.6 is 0 Å². The molecule has 0 saturated carbocycles. The zero-order valence-electron chi connectivity index (χ0n) is 13.3. The van der Waals surface area contributed by atoms with Crippen LogP contribution in [0.2, 0.25) is 0 Å². The molecule has 0 spiro atoms. The number of imide groups is 1. The topological polar surface area (TPSA) is 63.7 Å². The molecule has 4 rings (SSSR count). The number of ether oxygens (including phenoxy) is 1. The fourth-order valence-corrected chi connectivity index (χ4v) is 3.35. The van der Waals surface area contributed by atoms with Crippen molar-refractivity contribution in [3.63, 3.8) is 0 Å². The summed E-state index contributed by atoms with van der Waals surface area (Å²) in [5.41, 5.74) is 2.40. The van der Waals surface area contributed by atoms with Gasteiger partial charge in [0.2, 0.25) is 0 Å². The van der Waals surface area contributed by atoms with Gasteiger partial charge in [0, 0.05) is 12.2 Å². The molecule has 25 heavy (non-hydrogen) atoms. The smallest absolute Gasteiger partial charge is 0.343 e. The van der Waals surface area contributed by atoms with Crippen molar-refractivity contribution in [3.05, 3.63) is 77.4 Å². The molecule has 1 aliphatic heterocycles. The quantitative estimate of drug-likeness (QED) is 0.492. The lowest BCUT2D eigenvalue weighted by Crippen LogP contribution is -2.33. The fourth-order valence-electron chi connectivity index (χ4n) is 3.35. The Morgan fingerprint density at radius 3 is 2.44 bits per heavy atom. The van der Waals surface area contributed by atoms with E-state index in [1.54, 1.807) is 36.4 Å². The first-order chi connectivity index (χ1) is 12.1. The third kappa shape index (κ3) is 2.74. The Kier molecular flexibility index (Phi) is 3.69. The molecule has 5 nitrogen and oxygen atoms in total. The van der Waals surface area contributed by atoms with Crippen LogP contribution in [0.5, 0.6) is 5.75 Å². The molecule has 0 saturated heterocycles. The van der Waals surface area contributed by atoms with Crippen LogP contribution in [0.15, 0.2) is 60.7 Å². The Hall–Kier alpha value is -3.21. The van der Waals surface area contributed by atoms with E-state index in [0.29, 0.717) is 17.7 Å². The molecule has 0 bridgehead atoms. The van der Waals surface area contributed by atoms with Gasteiger partial charge in [0.15, 0.2) is 0 Å². The van der Waals surface area contributed by atoms with E-state index in [-0.39, 0.29) is 17.9 Å². The van der Waals surface area contributed by atoms with Crippen LogP contribution in [0, 0.1) is 0 Å². The van der Waals surface area contributed by atoms with E-state index >= 15 is 0 Å². The number of nitrogens with zero attached hydrogens (tertiary/aromatic N) is 1. The molecule has 0 N–H and O–H groups in total. The van der Waals surface area contributed by atoms with Gasteiger partial charge in [-0.2, -0.15) is 0 Å². The number of carbonyl (C=O) groups is 3. The molecule has 0 radical (unpaired) electrons. The maximum atomic E-state index is 12.2. The zero-order chi connectivity index (χ0) is 17.4. The molecule has 2 aromatic carbocycles. The predicted molar refractivity (Wildman–Crippen MR) is 89.9 cm³/mol. The summed E-state index contributed by atoms with van der Waals surface area (Å²) in [5.74, 6) is -0.624. The largest absolute Gasteiger partial charge is 0.423 e. The number of carbonyl (C=O) groups excluding carboxylic acids is 3. The number of fused-ring (bicyclic) bond motifs is 1. The Balaban J connectivity index is 1.59. The number of esters is 1. The second-order valence-electron chi connectivity index (χ2n) is 6.05. The molecular weight excluding hydrogens is 318 g/mol. The molecule has 2 aromatic rings. The average molecular weight is 333 g/mol. The number of rotatable bonds is 3. The van der Waals surface area contributed by atoms with Gasteiger partial charge in [-0.1, -0.05) is 24.3 Å². The van der Waals surface area contributed by atoms with E-state index < -0.39 is 5.97 Å². The molecular formula is C20H15NO4. The van der Waals surface area contributed by atoms with Crippen LogP contribution in [-0.2, 0) is 16.0 Å². The summed E-state index contributed by atoms with van der Waals surface area (Å²) in [4.78, 5) is 37.4. The summed E-state index contributed by atoms with van der Waals surface area (Å²) in [5, 5.41) is 0. The summed E-state index contributed by atoms with van der Waals surface area (Å²) >= 11 is 0. The van der Waals surface area contributed by atoms with Crippen LogP contribution in [0.25, 0.3) is 0 Å². The van der Waals surface area contributed by atoms with Gasteiger partial charge in [-0.3, -0.25) is 14.5 Å². The normalized spacial score (nSPS) is 18.6. The number of amides is 2. The minimum absolute atomic E-state index is 0.297. The molecule has 1 atom stereocenters. The highest BCUT2D eigenvalue weighted by molar-refractivity contribution is 6.13. The number of hydrogen-bond acceptors (Lipinski definition) is 4. The van der Waals surface area contributed by atoms with Gasteiger partial charge in [0.05, 0.1) is 11.6 Å². The van der Waals surface area contributed by atoms with Crippen molar-refractivity contribution < 1.29 is 19.1 Å². The van der Waals surface area contributed by atoms with Crippen LogP contribution in [-0.4, -0.2) is 22.7 Å². The summed E-state index contributed by atoms with van der Waals surface area (Å²) in [6.07, 6.45) is 4.05. The van der Waals surface area contributed by atoms with Crippen molar-refractivity contribution in [3.8, 4) is 5.75 Å². The first-order valence-electron chi connectivity index (χ1n) is 8.09. The minimum atomic E-state index is -0.440. The minimum Gasteiger partial charge on any atom is -0.423 e. The van der Waals surface area contributed by atoms with E-state index in [1.165, 1.54) is 17.1 Å². The SMILES string of the molecule is O=C(Oc1ccc2c(c1)[C@@H](N1C(=O)C=CC1=O)CC2)c1ccccc1. The van der Waals surface area contributed by atoms with Crippen molar-refractivity contribution >= 4 is 17.8 Å². The summed E-state index contributed by atoms with van der Waals surface area (Å²) in [6.45, 7) is 0. The molecule has 2 aliphatic rings. The third-order valence-corrected chi connectivity index (χ3v) is 4.54. The summed E-state index contributed by atoms with van der Waals surface area (Å²) in [6, 6.07) is 13.8. The first kappa shape index (κ1) is 15.3. The fraction of sp³-hybridized carbons (Fsp3) is 0.150. The molecule has 2 amide bonds. The number of hydrogen-bond donors (Lipinski definition) is 0. The van der Waals surface area contributed by atoms with E-state index in [4.69, 9.17) is 4.74 Å². The maximum absolute atomic E-state index is 12.2. The van der Waals surface area contributed by atoms with Crippen molar-refractivity contribution in [2.75, 3.05) is 0 Å². The Labute approximate surface area is 144 Å². The molecule has 124 valence electrons. The van der Waals surface area contributed by atoms with Crippen molar-refractivity contribution in [2.45, 2.75) is 18.9 Å². The van der Waals surface area contributed by atoms with Crippen molar-refractivity contribution in [1.29, 1.82) is 0 Å². The standard InChI is InChI=1S/C20H15NO4/c22-18-10-11-19(23)21(18)17-9-7-13-6-8-15(12-16(13)17)25-20(24)14-4-2-1-3-5-14/h1-6,8,10-12,17H,7,9H2/t17-/m0/s1. The van der Waals surface area contributed by atoms with Crippen LogP contribution in [0.4, 0.5) is 0 Å². The molecule has 5 heteroatoms. The van der Waals surface area contributed by atoms with Gasteiger partial charge in [0.25, 0.3) is 11.8 Å². The highest BCUT2D eigenvalue weighted by Gasteiger charge is 2.36. The molecule has 1 heterocycles. The Morgan fingerprint density at radius 1 is 1.00 bits per heavy atom. The molecule has 0 fully saturated rings. The van der Waals surface area contributed by atoms with Gasteiger partial charge in [-0.15, -0.1) is 0 Å². The highest BCUT2D eigenvalue weighted by atomic mass is 16.5. The summed E-state index contributed by atoms with van der Waals surface area (Å²) < 4.78 is 5.45. The van der Waals surface area contributed by atoms with Crippen molar-refractivity contribution in [2.24, 2.45) is 0 Å². The number of aryl methyl sites for hydroxylation is 1. The number of benzene rings is 2. The average Bonchev–Trinajstić information content (AvgIpc) is 3.18. The zero-order valence-corrected chi connectivity index (χ0v) is 13.3. The molecule has 0 unspecified atom stereocenters. The molecule has 1 aliphatic carbocycles. The Morgan fingerprint density at radius 2 is 1.72 bits per heavy atom. The van der Waals surface area contributed by atoms with Gasteiger partial charge >= 0.3 is 5.97 Å². The molecule has 0 aromatic heterocycles. The lowest BCUT2D eigenvalue weighted by atomic mass is 10.1. The first-order valence-corrected chi connectivity index (χ1v) is 8.09. The monoisotopic (exact) mass is 333 g/mol. The van der Waals surface area contributed by atoms with E-state index in [0.717, 1.165) is 17.5 Å². The van der Waals surface area contributed by atoms with Gasteiger partial charge in [-0.25, -0.2) is 4.79 Å². The van der Waals surface area contributed by atoms with Crippen LogP contribution in [0.1, 0.15) is 33.9 Å². The van der Waals surface area contributed by atoms with Crippen LogP contribution < -0.4 is 4.74 Å². The van der Waals surface area contributed by atoms with E-state index in [2.05, 4.69) is 0 Å². The second kappa shape index (κ2) is 6.02. The summed E-state index contributed by atoms with van der Waals surface area (Å²) in [7, 11) is 0. The van der Waals surface area contributed by atoms with Gasteiger partial charge in [0.1, 0.15) is 5.75 Å². The highest BCUT2D eigenvalue weighted by Crippen LogP contribution is 2.39. The lowest BCUT2D eigenvalue weighted by Gasteiger charge is -2.23. The van der Waals surface area contributed by atoms with Gasteiger partial charge in [-0.05, 0) is 48.2 Å².